The van der Waals surface area contributed by atoms with Crippen molar-refractivity contribution >= 4 is 40.5 Å². The molecule has 23 heavy (non-hydrogen) atoms. The Morgan fingerprint density at radius 2 is 1.70 bits per heavy atom. The molecule has 0 aliphatic heterocycles. The van der Waals surface area contributed by atoms with E-state index in [1.165, 1.54) is 31.2 Å². The van der Waals surface area contributed by atoms with E-state index in [4.69, 9.17) is 11.6 Å². The molecule has 7 heteroatoms. The van der Waals surface area contributed by atoms with Crippen molar-refractivity contribution in [2.75, 3.05) is 22.5 Å². The number of benzene rings is 2. The molecule has 0 heterocycles. The van der Waals surface area contributed by atoms with Gasteiger partial charge in [0.2, 0.25) is 11.8 Å². The minimum Gasteiger partial charge on any atom is -0.375 e. The van der Waals surface area contributed by atoms with E-state index in [1.54, 1.807) is 18.2 Å². The molecule has 0 saturated heterocycles. The Hall–Kier alpha value is -2.60. The number of anilines is 3. The van der Waals surface area contributed by atoms with Crippen molar-refractivity contribution in [3.63, 3.8) is 0 Å². The van der Waals surface area contributed by atoms with Gasteiger partial charge in [0.05, 0.1) is 17.3 Å². The standard InChI is InChI=1S/C16H15ClFN3O2/c1-10(22)20-13-6-7-14(17)15(8-13)19-9-16(23)21-12-4-2-11(18)3-5-12/h2-8,19H,9H2,1H3,(H,20,22)(H,21,23). The second-order valence-electron chi connectivity index (χ2n) is 4.78. The molecule has 3 N–H and O–H groups in total. The van der Waals surface area contributed by atoms with Crippen molar-refractivity contribution < 1.29 is 14.0 Å². The van der Waals surface area contributed by atoms with Crippen LogP contribution in [0.2, 0.25) is 5.02 Å². The van der Waals surface area contributed by atoms with Crippen LogP contribution in [0.1, 0.15) is 6.92 Å². The number of halogens is 2. The SMILES string of the molecule is CC(=O)Nc1ccc(Cl)c(NCC(=O)Nc2ccc(F)cc2)c1. The lowest BCUT2D eigenvalue weighted by Gasteiger charge is -2.11. The molecule has 0 spiro atoms. The Balaban J connectivity index is 1.95. The Morgan fingerprint density at radius 1 is 1.04 bits per heavy atom. The van der Waals surface area contributed by atoms with Gasteiger partial charge in [0.1, 0.15) is 5.82 Å². The summed E-state index contributed by atoms with van der Waals surface area (Å²) in [5, 5.41) is 8.57. The van der Waals surface area contributed by atoms with Gasteiger partial charge < -0.3 is 16.0 Å². The lowest BCUT2D eigenvalue weighted by Crippen LogP contribution is -2.22. The summed E-state index contributed by atoms with van der Waals surface area (Å²) in [6.45, 7) is 1.37. The lowest BCUT2D eigenvalue weighted by molar-refractivity contribution is -0.115. The molecule has 0 atom stereocenters. The molecule has 120 valence electrons. The number of hydrogen-bond donors (Lipinski definition) is 3. The average molecular weight is 336 g/mol. The Kier molecular flexibility index (Phi) is 5.54. The van der Waals surface area contributed by atoms with Gasteiger partial charge in [-0.25, -0.2) is 4.39 Å². The average Bonchev–Trinajstić information content (AvgIpc) is 2.49. The molecule has 0 unspecified atom stereocenters. The van der Waals surface area contributed by atoms with Crippen molar-refractivity contribution in [1.82, 2.24) is 0 Å². The molecule has 0 aromatic heterocycles. The lowest BCUT2D eigenvalue weighted by atomic mass is 10.2. The number of carbonyl (C=O) groups excluding carboxylic acids is 2. The van der Waals surface area contributed by atoms with E-state index in [0.717, 1.165) is 0 Å². The normalized spacial score (nSPS) is 10.0. The monoisotopic (exact) mass is 335 g/mol. The van der Waals surface area contributed by atoms with Gasteiger partial charge in [0.25, 0.3) is 0 Å². The summed E-state index contributed by atoms with van der Waals surface area (Å²) >= 11 is 6.05. The van der Waals surface area contributed by atoms with Crippen LogP contribution in [-0.2, 0) is 9.59 Å². The summed E-state index contributed by atoms with van der Waals surface area (Å²) < 4.78 is 12.8. The third kappa shape index (κ3) is 5.27. The second-order valence-corrected chi connectivity index (χ2v) is 5.19. The van der Waals surface area contributed by atoms with Crippen molar-refractivity contribution in [2.45, 2.75) is 6.92 Å². The van der Waals surface area contributed by atoms with Gasteiger partial charge in [-0.2, -0.15) is 0 Å². The van der Waals surface area contributed by atoms with E-state index in [2.05, 4.69) is 16.0 Å². The van der Waals surface area contributed by atoms with E-state index >= 15 is 0 Å². The maximum absolute atomic E-state index is 12.8. The minimum absolute atomic E-state index is 0.0272. The van der Waals surface area contributed by atoms with Crippen LogP contribution in [0.4, 0.5) is 21.5 Å². The van der Waals surface area contributed by atoms with E-state index in [1.807, 2.05) is 0 Å². The molecule has 2 rings (SSSR count). The number of nitrogens with one attached hydrogen (secondary N) is 3. The van der Waals surface area contributed by atoms with Crippen molar-refractivity contribution in [3.05, 3.63) is 53.3 Å². The first-order valence-corrected chi connectivity index (χ1v) is 7.18. The van der Waals surface area contributed by atoms with Crippen molar-refractivity contribution in [3.8, 4) is 0 Å². The first-order valence-electron chi connectivity index (χ1n) is 6.80. The largest absolute Gasteiger partial charge is 0.375 e. The summed E-state index contributed by atoms with van der Waals surface area (Å²) in [6, 6.07) is 10.4. The van der Waals surface area contributed by atoms with Crippen LogP contribution in [0.3, 0.4) is 0 Å². The van der Waals surface area contributed by atoms with Crippen LogP contribution >= 0.6 is 11.6 Å². The number of hydrogen-bond acceptors (Lipinski definition) is 3. The van der Waals surface area contributed by atoms with E-state index in [9.17, 15) is 14.0 Å². The molecule has 0 aliphatic rings. The van der Waals surface area contributed by atoms with Crippen LogP contribution in [0, 0.1) is 5.82 Å². The van der Waals surface area contributed by atoms with Crippen LogP contribution in [0.25, 0.3) is 0 Å². The molecule has 0 radical (unpaired) electrons. The Morgan fingerprint density at radius 3 is 2.35 bits per heavy atom. The maximum atomic E-state index is 12.8. The first-order chi connectivity index (χ1) is 10.9. The molecular formula is C16H15ClFN3O2. The number of amides is 2. The smallest absolute Gasteiger partial charge is 0.243 e. The maximum Gasteiger partial charge on any atom is 0.243 e. The van der Waals surface area contributed by atoms with Crippen molar-refractivity contribution in [2.24, 2.45) is 0 Å². The summed E-state index contributed by atoms with van der Waals surface area (Å²) in [7, 11) is 0. The molecule has 0 saturated carbocycles. The Labute approximate surface area is 137 Å². The highest BCUT2D eigenvalue weighted by molar-refractivity contribution is 6.33. The van der Waals surface area contributed by atoms with Gasteiger partial charge in [-0.15, -0.1) is 0 Å². The summed E-state index contributed by atoms with van der Waals surface area (Å²) in [5.74, 6) is -0.882. The van der Waals surface area contributed by atoms with Crippen LogP contribution < -0.4 is 16.0 Å². The van der Waals surface area contributed by atoms with Gasteiger partial charge in [-0.1, -0.05) is 11.6 Å². The van der Waals surface area contributed by atoms with Crippen LogP contribution in [-0.4, -0.2) is 18.4 Å². The third-order valence-corrected chi connectivity index (χ3v) is 3.18. The molecule has 0 fully saturated rings. The van der Waals surface area contributed by atoms with E-state index in [-0.39, 0.29) is 24.2 Å². The second kappa shape index (κ2) is 7.60. The highest BCUT2D eigenvalue weighted by atomic mass is 35.5. The Bertz CT molecular complexity index is 720. The van der Waals surface area contributed by atoms with Crippen LogP contribution in [0.15, 0.2) is 42.5 Å². The molecule has 0 aliphatic carbocycles. The molecule has 2 aromatic rings. The molecule has 2 amide bonds. The molecule has 0 bridgehead atoms. The molecule has 5 nitrogen and oxygen atoms in total. The molecular weight excluding hydrogens is 321 g/mol. The van der Waals surface area contributed by atoms with E-state index in [0.29, 0.717) is 22.1 Å². The van der Waals surface area contributed by atoms with Gasteiger partial charge in [-0.3, -0.25) is 9.59 Å². The minimum atomic E-state index is -0.373. The zero-order chi connectivity index (χ0) is 16.8. The zero-order valence-electron chi connectivity index (χ0n) is 12.3. The fourth-order valence-corrected chi connectivity index (χ4v) is 2.04. The predicted octanol–water partition coefficient (Wildman–Crippen LogP) is 3.49. The molecule has 2 aromatic carbocycles. The summed E-state index contributed by atoms with van der Waals surface area (Å²) in [4.78, 5) is 22.9. The summed E-state index contributed by atoms with van der Waals surface area (Å²) in [5.41, 5.74) is 1.59. The van der Waals surface area contributed by atoms with Crippen molar-refractivity contribution in [1.29, 1.82) is 0 Å². The van der Waals surface area contributed by atoms with Crippen LogP contribution in [0.5, 0.6) is 0 Å². The fraction of sp³-hybridized carbons (Fsp3) is 0.125. The zero-order valence-corrected chi connectivity index (χ0v) is 13.1. The number of carbonyl (C=O) groups is 2. The van der Waals surface area contributed by atoms with Gasteiger partial charge in [-0.05, 0) is 42.5 Å². The number of rotatable bonds is 5. The third-order valence-electron chi connectivity index (χ3n) is 2.85. The van der Waals surface area contributed by atoms with E-state index < -0.39 is 0 Å². The quantitative estimate of drug-likeness (QED) is 0.783. The summed E-state index contributed by atoms with van der Waals surface area (Å²) in [6.07, 6.45) is 0. The van der Waals surface area contributed by atoms with Gasteiger partial charge in [0.15, 0.2) is 0 Å². The first kappa shape index (κ1) is 16.8. The van der Waals surface area contributed by atoms with Gasteiger partial charge in [0, 0.05) is 18.3 Å². The predicted molar refractivity (Wildman–Crippen MR) is 89.3 cm³/mol. The highest BCUT2D eigenvalue weighted by Crippen LogP contribution is 2.25. The fourth-order valence-electron chi connectivity index (χ4n) is 1.86. The highest BCUT2D eigenvalue weighted by Gasteiger charge is 2.06. The topological polar surface area (TPSA) is 70.2 Å². The van der Waals surface area contributed by atoms with Gasteiger partial charge >= 0.3 is 0 Å².